The molecule has 6 heteroatoms. The van der Waals surface area contributed by atoms with Crippen molar-refractivity contribution in [1.29, 1.82) is 0 Å². The fourth-order valence-electron chi connectivity index (χ4n) is 1.77. The minimum atomic E-state index is 0.0514. The molecular weight excluding hydrogens is 269 g/mol. The Balaban J connectivity index is 2.28. The van der Waals surface area contributed by atoms with Crippen molar-refractivity contribution in [2.24, 2.45) is 0 Å². The van der Waals surface area contributed by atoms with Crippen LogP contribution in [0.15, 0.2) is 5.38 Å². The second-order valence-electron chi connectivity index (χ2n) is 3.61. The second kappa shape index (κ2) is 4.92. The monoisotopic (exact) mass is 279 g/mol. The van der Waals surface area contributed by atoms with Gasteiger partial charge in [0.2, 0.25) is 5.91 Å². The maximum atomic E-state index is 11.8. The van der Waals surface area contributed by atoms with Crippen LogP contribution in [0.4, 0.5) is 5.69 Å². The molecule has 1 aliphatic rings. The number of methoxy groups -OCH3 is 1. The molecule has 2 rings (SSSR count). The van der Waals surface area contributed by atoms with E-state index in [1.807, 2.05) is 0 Å². The van der Waals surface area contributed by atoms with Crippen molar-refractivity contribution < 1.29 is 9.53 Å². The van der Waals surface area contributed by atoms with Gasteiger partial charge in [0, 0.05) is 18.9 Å². The van der Waals surface area contributed by atoms with Gasteiger partial charge in [0.15, 0.2) is 0 Å². The van der Waals surface area contributed by atoms with Crippen molar-refractivity contribution >= 4 is 46.1 Å². The molecule has 0 bridgehead atoms. The average Bonchev–Trinajstić information content (AvgIpc) is 2.60. The van der Waals surface area contributed by atoms with E-state index in [-0.39, 0.29) is 12.0 Å². The van der Waals surface area contributed by atoms with Crippen molar-refractivity contribution in [3.8, 4) is 0 Å². The van der Waals surface area contributed by atoms with Gasteiger partial charge < -0.3 is 9.64 Å². The first kappa shape index (κ1) is 12.2. The van der Waals surface area contributed by atoms with Gasteiger partial charge >= 0.3 is 0 Å². The zero-order chi connectivity index (χ0) is 11.7. The van der Waals surface area contributed by atoms with Crippen molar-refractivity contribution in [1.82, 2.24) is 0 Å². The highest BCUT2D eigenvalue weighted by Gasteiger charge is 2.29. The van der Waals surface area contributed by atoms with Crippen molar-refractivity contribution in [2.75, 3.05) is 18.6 Å². The Hall–Kier alpha value is -0.290. The number of piperidine rings is 1. The van der Waals surface area contributed by atoms with Gasteiger partial charge in [-0.25, -0.2) is 0 Å². The summed E-state index contributed by atoms with van der Waals surface area (Å²) in [7, 11) is 1.65. The molecule has 1 amide bonds. The molecule has 1 atom stereocenters. The number of nitrogens with zero attached hydrogens (tertiary/aromatic N) is 1. The number of halogens is 2. The molecule has 1 aromatic rings. The first-order valence-electron chi connectivity index (χ1n) is 4.89. The summed E-state index contributed by atoms with van der Waals surface area (Å²) in [6.07, 6.45) is 1.29. The van der Waals surface area contributed by atoms with Gasteiger partial charge in [0.1, 0.15) is 4.34 Å². The van der Waals surface area contributed by atoms with Crippen LogP contribution in [0.2, 0.25) is 9.36 Å². The largest absolute Gasteiger partial charge is 0.380 e. The number of ether oxygens (including phenoxy) is 1. The highest BCUT2D eigenvalue weighted by atomic mass is 35.5. The van der Waals surface area contributed by atoms with Gasteiger partial charge in [-0.3, -0.25) is 4.79 Å². The molecule has 0 aromatic carbocycles. The standard InChI is InChI=1S/C10H11Cl2NO2S/c1-15-6-2-3-8(14)13(4-6)9-7(11)5-16-10(9)12/h5-6H,2-4H2,1H3. The number of thiophene rings is 1. The van der Waals surface area contributed by atoms with E-state index < -0.39 is 0 Å². The lowest BCUT2D eigenvalue weighted by atomic mass is 10.1. The topological polar surface area (TPSA) is 29.5 Å². The summed E-state index contributed by atoms with van der Waals surface area (Å²) in [4.78, 5) is 13.4. The summed E-state index contributed by atoms with van der Waals surface area (Å²) in [5.41, 5.74) is 0.625. The van der Waals surface area contributed by atoms with E-state index in [0.717, 1.165) is 6.42 Å². The summed E-state index contributed by atoms with van der Waals surface area (Å²) in [6, 6.07) is 0. The first-order valence-corrected chi connectivity index (χ1v) is 6.52. The molecule has 0 N–H and O–H groups in total. The third-order valence-corrected chi connectivity index (χ3v) is 4.27. The Morgan fingerprint density at radius 1 is 1.56 bits per heavy atom. The zero-order valence-electron chi connectivity index (χ0n) is 8.70. The molecule has 1 aliphatic heterocycles. The quantitative estimate of drug-likeness (QED) is 0.832. The minimum absolute atomic E-state index is 0.0514. The lowest BCUT2D eigenvalue weighted by molar-refractivity contribution is -0.121. The Morgan fingerprint density at radius 3 is 2.88 bits per heavy atom. The molecule has 0 aliphatic carbocycles. The summed E-state index contributed by atoms with van der Waals surface area (Å²) in [5.74, 6) is 0.0514. The van der Waals surface area contributed by atoms with Crippen LogP contribution in [-0.4, -0.2) is 25.7 Å². The van der Waals surface area contributed by atoms with Gasteiger partial charge in [0.05, 0.1) is 23.4 Å². The number of anilines is 1. The summed E-state index contributed by atoms with van der Waals surface area (Å²) in [6.45, 7) is 0.519. The lowest BCUT2D eigenvalue weighted by Gasteiger charge is -2.31. The molecule has 2 heterocycles. The second-order valence-corrected chi connectivity index (χ2v) is 5.50. The fraction of sp³-hybridized carbons (Fsp3) is 0.500. The van der Waals surface area contributed by atoms with Crippen LogP contribution in [0.1, 0.15) is 12.8 Å². The van der Waals surface area contributed by atoms with Gasteiger partial charge in [-0.05, 0) is 6.42 Å². The van der Waals surface area contributed by atoms with Crippen LogP contribution in [0.25, 0.3) is 0 Å². The first-order chi connectivity index (χ1) is 7.63. The number of rotatable bonds is 2. The van der Waals surface area contributed by atoms with E-state index in [2.05, 4.69) is 0 Å². The highest BCUT2D eigenvalue weighted by Crippen LogP contribution is 2.40. The maximum Gasteiger partial charge on any atom is 0.227 e. The summed E-state index contributed by atoms with van der Waals surface area (Å²) in [5, 5.41) is 2.27. The molecule has 3 nitrogen and oxygen atoms in total. The van der Waals surface area contributed by atoms with Crippen molar-refractivity contribution in [3.05, 3.63) is 14.7 Å². The molecule has 0 radical (unpaired) electrons. The smallest absolute Gasteiger partial charge is 0.227 e. The molecular formula is C10H11Cl2NO2S. The highest BCUT2D eigenvalue weighted by molar-refractivity contribution is 7.15. The van der Waals surface area contributed by atoms with Crippen LogP contribution in [0, 0.1) is 0 Å². The van der Waals surface area contributed by atoms with Crippen LogP contribution in [-0.2, 0) is 9.53 Å². The minimum Gasteiger partial charge on any atom is -0.380 e. The number of carbonyl (C=O) groups is 1. The van der Waals surface area contributed by atoms with E-state index in [4.69, 9.17) is 27.9 Å². The predicted molar refractivity (Wildman–Crippen MR) is 66.7 cm³/mol. The predicted octanol–water partition coefficient (Wildman–Crippen LogP) is 3.20. The van der Waals surface area contributed by atoms with E-state index >= 15 is 0 Å². The number of carbonyl (C=O) groups excluding carboxylic acids is 1. The summed E-state index contributed by atoms with van der Waals surface area (Å²) >= 11 is 13.4. The number of hydrogen-bond donors (Lipinski definition) is 0. The molecule has 1 aromatic heterocycles. The van der Waals surface area contributed by atoms with E-state index in [0.29, 0.717) is 28.0 Å². The normalized spacial score (nSPS) is 21.6. The van der Waals surface area contributed by atoms with E-state index in [9.17, 15) is 4.79 Å². The van der Waals surface area contributed by atoms with Crippen LogP contribution >= 0.6 is 34.5 Å². The third kappa shape index (κ3) is 2.20. The Kier molecular flexibility index (Phi) is 3.74. The molecule has 1 unspecified atom stereocenters. The van der Waals surface area contributed by atoms with Crippen molar-refractivity contribution in [3.63, 3.8) is 0 Å². The number of hydrogen-bond acceptors (Lipinski definition) is 3. The third-order valence-electron chi connectivity index (χ3n) is 2.65. The van der Waals surface area contributed by atoms with Crippen LogP contribution < -0.4 is 4.90 Å². The SMILES string of the molecule is COC1CCC(=O)N(c2c(Cl)csc2Cl)C1. The Bertz CT molecular complexity index is 388. The van der Waals surface area contributed by atoms with Gasteiger partial charge in [-0.1, -0.05) is 23.2 Å². The van der Waals surface area contributed by atoms with E-state index in [1.165, 1.54) is 11.3 Å². The lowest BCUT2D eigenvalue weighted by Crippen LogP contribution is -2.43. The molecule has 0 saturated carbocycles. The van der Waals surface area contributed by atoms with Crippen LogP contribution in [0.5, 0.6) is 0 Å². The molecule has 1 saturated heterocycles. The van der Waals surface area contributed by atoms with Gasteiger partial charge in [-0.15, -0.1) is 11.3 Å². The Labute approximate surface area is 108 Å². The number of amides is 1. The van der Waals surface area contributed by atoms with Gasteiger partial charge in [0.25, 0.3) is 0 Å². The van der Waals surface area contributed by atoms with Crippen molar-refractivity contribution in [2.45, 2.75) is 18.9 Å². The summed E-state index contributed by atoms with van der Waals surface area (Å²) < 4.78 is 5.82. The van der Waals surface area contributed by atoms with E-state index in [1.54, 1.807) is 17.4 Å². The molecule has 88 valence electrons. The zero-order valence-corrected chi connectivity index (χ0v) is 11.0. The fourth-order valence-corrected chi connectivity index (χ4v) is 3.19. The molecule has 1 fully saturated rings. The van der Waals surface area contributed by atoms with Gasteiger partial charge in [-0.2, -0.15) is 0 Å². The van der Waals surface area contributed by atoms with Crippen LogP contribution in [0.3, 0.4) is 0 Å². The maximum absolute atomic E-state index is 11.8. The molecule has 0 spiro atoms. The average molecular weight is 280 g/mol. The molecule has 16 heavy (non-hydrogen) atoms. The Morgan fingerprint density at radius 2 is 2.31 bits per heavy atom.